The summed E-state index contributed by atoms with van der Waals surface area (Å²) in [4.78, 5) is 20.1. The number of thiophene rings is 1. The van der Waals surface area contributed by atoms with Crippen molar-refractivity contribution in [3.05, 3.63) is 58.2 Å². The van der Waals surface area contributed by atoms with Crippen molar-refractivity contribution in [2.75, 3.05) is 24.5 Å². The van der Waals surface area contributed by atoms with Gasteiger partial charge in [-0.15, -0.1) is 11.3 Å². The van der Waals surface area contributed by atoms with Crippen LogP contribution in [0.3, 0.4) is 0 Å². The minimum absolute atomic E-state index is 0.0662. The van der Waals surface area contributed by atoms with E-state index < -0.39 is 10.0 Å². The number of rotatable bonds is 7. The summed E-state index contributed by atoms with van der Waals surface area (Å²) in [5, 5.41) is 5.35. The molecule has 1 aliphatic rings. The highest BCUT2D eigenvalue weighted by Gasteiger charge is 2.35. The zero-order chi connectivity index (χ0) is 24.6. The molecule has 1 fully saturated rings. The molecular formula is C22H21Cl2N5O3S3. The molecule has 1 aliphatic heterocycles. The van der Waals surface area contributed by atoms with Crippen molar-refractivity contribution in [3.8, 4) is 0 Å². The molecule has 0 saturated carbocycles. The van der Waals surface area contributed by atoms with Gasteiger partial charge in [-0.05, 0) is 43.2 Å². The van der Waals surface area contributed by atoms with Gasteiger partial charge in [-0.1, -0.05) is 40.6 Å². The fourth-order valence-electron chi connectivity index (χ4n) is 4.08. The Kier molecular flexibility index (Phi) is 7.16. The van der Waals surface area contributed by atoms with E-state index in [0.717, 1.165) is 16.0 Å². The molecule has 1 aromatic carbocycles. The number of aromatic nitrogens is 3. The molecule has 1 saturated heterocycles. The number of thiazole rings is 1. The van der Waals surface area contributed by atoms with Gasteiger partial charge in [0.15, 0.2) is 5.13 Å². The van der Waals surface area contributed by atoms with Crippen LogP contribution in [0.25, 0.3) is 10.2 Å². The van der Waals surface area contributed by atoms with E-state index in [9.17, 15) is 13.2 Å². The summed E-state index contributed by atoms with van der Waals surface area (Å²) >= 11 is 14.7. The lowest BCUT2D eigenvalue weighted by Gasteiger charge is -2.32. The Bertz CT molecular complexity index is 1440. The Hall–Kier alpha value is -2.02. The number of piperidine rings is 1. The molecule has 184 valence electrons. The quantitative estimate of drug-likeness (QED) is 0.312. The highest BCUT2D eigenvalue weighted by Crippen LogP contribution is 2.35. The summed E-state index contributed by atoms with van der Waals surface area (Å²) in [7, 11) is -3.62. The maximum atomic E-state index is 13.7. The number of carbonyl (C=O) groups is 1. The summed E-state index contributed by atoms with van der Waals surface area (Å²) in [6.07, 6.45) is 4.40. The fraction of sp³-hybridized carbons (Fsp3) is 0.318. The molecule has 3 aromatic heterocycles. The topological polar surface area (TPSA) is 88.4 Å². The number of fused-ring (bicyclic) bond motifs is 1. The van der Waals surface area contributed by atoms with Crippen LogP contribution in [0.5, 0.6) is 0 Å². The summed E-state index contributed by atoms with van der Waals surface area (Å²) in [6.45, 7) is 1.44. The molecule has 4 aromatic rings. The standard InChI is InChI=1S/C22H21Cl2N5O3S3/c23-16-3-1-4-17-20(16)26-22(33-17)29(14-13-27-10-2-9-25-27)21(30)15-7-11-28(12-8-15)35(31,32)19-6-5-18(24)34-19/h1-6,9-10,15H,7-8,11-14H2. The molecule has 35 heavy (non-hydrogen) atoms. The number of sulfonamides is 1. The largest absolute Gasteiger partial charge is 0.286 e. The Balaban J connectivity index is 1.35. The third kappa shape index (κ3) is 5.11. The summed E-state index contributed by atoms with van der Waals surface area (Å²) in [5.74, 6) is -0.378. The van der Waals surface area contributed by atoms with Crippen LogP contribution in [0.15, 0.2) is 53.0 Å². The number of carbonyl (C=O) groups excluding carboxylic acids is 1. The molecule has 0 aliphatic carbocycles. The van der Waals surface area contributed by atoms with Gasteiger partial charge in [-0.25, -0.2) is 13.4 Å². The lowest BCUT2D eigenvalue weighted by molar-refractivity contribution is -0.123. The summed E-state index contributed by atoms with van der Waals surface area (Å²) < 4.78 is 30.7. The molecule has 0 spiro atoms. The number of nitrogens with zero attached hydrogens (tertiary/aromatic N) is 5. The first-order valence-corrected chi connectivity index (χ1v) is 14.7. The third-order valence-electron chi connectivity index (χ3n) is 5.91. The Morgan fingerprint density at radius 3 is 2.57 bits per heavy atom. The molecule has 0 radical (unpaired) electrons. The second kappa shape index (κ2) is 10.2. The average Bonchev–Trinajstić information content (AvgIpc) is 3.61. The Labute approximate surface area is 220 Å². The molecule has 13 heteroatoms. The average molecular weight is 571 g/mol. The predicted molar refractivity (Wildman–Crippen MR) is 140 cm³/mol. The smallest absolute Gasteiger partial charge is 0.252 e. The molecule has 4 heterocycles. The molecule has 5 rings (SSSR count). The van der Waals surface area contributed by atoms with Gasteiger partial charge >= 0.3 is 0 Å². The van der Waals surface area contributed by atoms with Crippen LogP contribution in [0, 0.1) is 5.92 Å². The maximum absolute atomic E-state index is 13.7. The minimum atomic E-state index is -3.62. The first-order chi connectivity index (χ1) is 16.8. The van der Waals surface area contributed by atoms with Crippen LogP contribution in [0.4, 0.5) is 5.13 Å². The molecule has 1 amide bonds. The number of hydrogen-bond donors (Lipinski definition) is 0. The zero-order valence-electron chi connectivity index (χ0n) is 18.4. The van der Waals surface area contributed by atoms with Gasteiger partial charge in [-0.3, -0.25) is 14.4 Å². The van der Waals surface area contributed by atoms with Crippen LogP contribution in [-0.2, 0) is 21.4 Å². The number of para-hydroxylation sites is 1. The first-order valence-electron chi connectivity index (χ1n) is 10.9. The minimum Gasteiger partial charge on any atom is -0.286 e. The molecule has 0 N–H and O–H groups in total. The van der Waals surface area contributed by atoms with Crippen molar-refractivity contribution in [1.29, 1.82) is 0 Å². The highest BCUT2D eigenvalue weighted by molar-refractivity contribution is 7.91. The number of amides is 1. The van der Waals surface area contributed by atoms with Crippen molar-refractivity contribution in [2.45, 2.75) is 23.6 Å². The highest BCUT2D eigenvalue weighted by atomic mass is 35.5. The van der Waals surface area contributed by atoms with E-state index in [1.807, 2.05) is 24.4 Å². The SMILES string of the molecule is O=C(C1CCN(S(=O)(=O)c2ccc(Cl)s2)CC1)N(CCn1cccn1)c1nc2c(Cl)cccc2s1. The number of hydrogen-bond acceptors (Lipinski definition) is 7. The van der Waals surface area contributed by atoms with Crippen LogP contribution in [-0.4, -0.2) is 53.0 Å². The maximum Gasteiger partial charge on any atom is 0.252 e. The number of halogens is 2. The van der Waals surface area contributed by atoms with E-state index in [-0.39, 0.29) is 29.1 Å². The van der Waals surface area contributed by atoms with Crippen LogP contribution < -0.4 is 4.90 Å². The lowest BCUT2D eigenvalue weighted by Crippen LogP contribution is -2.45. The number of anilines is 1. The predicted octanol–water partition coefficient (Wildman–Crippen LogP) is 5.00. The number of benzene rings is 1. The van der Waals surface area contributed by atoms with Crippen LogP contribution in [0.1, 0.15) is 12.8 Å². The van der Waals surface area contributed by atoms with Gasteiger partial charge in [0.1, 0.15) is 9.73 Å². The van der Waals surface area contributed by atoms with Crippen LogP contribution >= 0.6 is 45.9 Å². The van der Waals surface area contributed by atoms with Gasteiger partial charge in [-0.2, -0.15) is 9.40 Å². The van der Waals surface area contributed by atoms with Crippen molar-refractivity contribution >= 4 is 77.2 Å². The molecule has 8 nitrogen and oxygen atoms in total. The van der Waals surface area contributed by atoms with Gasteiger partial charge in [0.2, 0.25) is 5.91 Å². The van der Waals surface area contributed by atoms with Crippen molar-refractivity contribution < 1.29 is 13.2 Å². The second-order valence-corrected chi connectivity index (χ2v) is 13.4. The van der Waals surface area contributed by atoms with Gasteiger partial charge < -0.3 is 0 Å². The van der Waals surface area contributed by atoms with E-state index in [0.29, 0.717) is 45.9 Å². The lowest BCUT2D eigenvalue weighted by atomic mass is 9.96. The van der Waals surface area contributed by atoms with E-state index >= 15 is 0 Å². The summed E-state index contributed by atoms with van der Waals surface area (Å²) in [5.41, 5.74) is 0.668. The zero-order valence-corrected chi connectivity index (χ0v) is 22.3. The van der Waals surface area contributed by atoms with E-state index in [1.54, 1.807) is 27.9 Å². The van der Waals surface area contributed by atoms with E-state index in [2.05, 4.69) is 10.1 Å². The Morgan fingerprint density at radius 1 is 1.11 bits per heavy atom. The van der Waals surface area contributed by atoms with Gasteiger partial charge in [0.25, 0.3) is 10.0 Å². The van der Waals surface area contributed by atoms with Crippen molar-refractivity contribution in [3.63, 3.8) is 0 Å². The second-order valence-electron chi connectivity index (χ2n) is 8.08. The van der Waals surface area contributed by atoms with E-state index in [4.69, 9.17) is 23.2 Å². The van der Waals surface area contributed by atoms with Crippen molar-refractivity contribution in [2.24, 2.45) is 5.92 Å². The molecule has 0 unspecified atom stereocenters. The monoisotopic (exact) mass is 569 g/mol. The molecule has 0 atom stereocenters. The van der Waals surface area contributed by atoms with E-state index in [1.165, 1.54) is 21.7 Å². The van der Waals surface area contributed by atoms with Gasteiger partial charge in [0.05, 0.1) is 20.6 Å². The molecular weight excluding hydrogens is 549 g/mol. The van der Waals surface area contributed by atoms with Crippen LogP contribution in [0.2, 0.25) is 9.36 Å². The van der Waals surface area contributed by atoms with Gasteiger partial charge in [0, 0.05) is 37.9 Å². The van der Waals surface area contributed by atoms with Crippen molar-refractivity contribution in [1.82, 2.24) is 19.1 Å². The molecule has 0 bridgehead atoms. The Morgan fingerprint density at radius 2 is 1.91 bits per heavy atom. The summed E-state index contributed by atoms with van der Waals surface area (Å²) in [6, 6.07) is 10.5. The fourth-order valence-corrected chi connectivity index (χ4v) is 8.48. The first kappa shape index (κ1) is 24.7. The normalized spacial score (nSPS) is 15.6. The third-order valence-corrected chi connectivity index (χ3v) is 10.9.